The van der Waals surface area contributed by atoms with E-state index in [-0.39, 0.29) is 17.9 Å². The van der Waals surface area contributed by atoms with Gasteiger partial charge in [-0.2, -0.15) is 0 Å². The number of nitrogens with one attached hydrogen (secondary N) is 2. The predicted molar refractivity (Wildman–Crippen MR) is 116 cm³/mol. The number of aryl methyl sites for hydroxylation is 1. The minimum Gasteiger partial charge on any atom is -0.376 e. The average Bonchev–Trinajstić information content (AvgIpc) is 3.41. The fourth-order valence-electron chi connectivity index (χ4n) is 4.14. The van der Waals surface area contributed by atoms with Gasteiger partial charge in [0, 0.05) is 18.0 Å². The van der Waals surface area contributed by atoms with Crippen LogP contribution in [0.25, 0.3) is 0 Å². The van der Waals surface area contributed by atoms with Crippen LogP contribution in [0.1, 0.15) is 63.1 Å². The van der Waals surface area contributed by atoms with E-state index in [0.29, 0.717) is 17.8 Å². The molecule has 1 aromatic carbocycles. The quantitative estimate of drug-likeness (QED) is 0.738. The second-order valence-corrected chi connectivity index (χ2v) is 9.06. The van der Waals surface area contributed by atoms with E-state index in [1.165, 1.54) is 23.3 Å². The van der Waals surface area contributed by atoms with Gasteiger partial charge in [-0.25, -0.2) is 0 Å². The smallest absolute Gasteiger partial charge is 0.265 e. The molecule has 0 saturated carbocycles. The number of hydrogen-bond donors (Lipinski definition) is 2. The molecule has 0 radical (unpaired) electrons. The van der Waals surface area contributed by atoms with Crippen LogP contribution in [0.2, 0.25) is 0 Å². The second kappa shape index (κ2) is 9.09. The molecule has 29 heavy (non-hydrogen) atoms. The van der Waals surface area contributed by atoms with E-state index in [2.05, 4.69) is 17.6 Å². The Kier molecular flexibility index (Phi) is 6.31. The standard InChI is InChI=1S/C23H28N2O3S/c1-2-15-9-10-20-16(12-15)13-21(29-20)23(27)25-19-8-4-3-7-18(19)22(26)24-14-17-6-5-11-28-17/h3-4,7-8,13,15,17H,2,5-6,9-12,14H2,1H3,(H,24,26)(H,25,27). The molecular formula is C23H28N2O3S. The van der Waals surface area contributed by atoms with Crippen LogP contribution in [-0.2, 0) is 17.6 Å². The Morgan fingerprint density at radius 2 is 2.07 bits per heavy atom. The van der Waals surface area contributed by atoms with Gasteiger partial charge in [-0.05, 0) is 61.8 Å². The molecule has 2 aliphatic rings. The van der Waals surface area contributed by atoms with Crippen molar-refractivity contribution in [3.05, 3.63) is 51.2 Å². The number of hydrogen-bond acceptors (Lipinski definition) is 4. The third kappa shape index (κ3) is 4.70. The number of benzene rings is 1. The van der Waals surface area contributed by atoms with Crippen molar-refractivity contribution in [1.82, 2.24) is 5.32 Å². The molecule has 154 valence electrons. The molecule has 4 rings (SSSR count). The summed E-state index contributed by atoms with van der Waals surface area (Å²) in [6.07, 6.45) is 6.62. The van der Waals surface area contributed by atoms with Gasteiger partial charge in [-0.3, -0.25) is 9.59 Å². The largest absolute Gasteiger partial charge is 0.376 e. The molecule has 1 saturated heterocycles. The zero-order valence-corrected chi connectivity index (χ0v) is 17.6. The maximum Gasteiger partial charge on any atom is 0.265 e. The molecule has 6 heteroatoms. The highest BCUT2D eigenvalue weighted by atomic mass is 32.1. The van der Waals surface area contributed by atoms with Gasteiger partial charge >= 0.3 is 0 Å². The molecule has 2 unspecified atom stereocenters. The molecule has 1 aromatic heterocycles. The topological polar surface area (TPSA) is 67.4 Å². The van der Waals surface area contributed by atoms with Gasteiger partial charge in [0.15, 0.2) is 0 Å². The first kappa shape index (κ1) is 20.1. The highest BCUT2D eigenvalue weighted by Crippen LogP contribution is 2.34. The van der Waals surface area contributed by atoms with Gasteiger partial charge < -0.3 is 15.4 Å². The van der Waals surface area contributed by atoms with Gasteiger partial charge in [0.1, 0.15) is 0 Å². The third-order valence-corrected chi connectivity index (χ3v) is 7.16. The van der Waals surface area contributed by atoms with Crippen LogP contribution in [0, 0.1) is 5.92 Å². The lowest BCUT2D eigenvalue weighted by Crippen LogP contribution is -2.32. The van der Waals surface area contributed by atoms with Crippen molar-refractivity contribution in [2.45, 2.75) is 51.6 Å². The van der Waals surface area contributed by atoms with Crippen molar-refractivity contribution in [2.75, 3.05) is 18.5 Å². The fraction of sp³-hybridized carbons (Fsp3) is 0.478. The van der Waals surface area contributed by atoms with Crippen LogP contribution >= 0.6 is 11.3 Å². The predicted octanol–water partition coefficient (Wildman–Crippen LogP) is 4.42. The zero-order valence-electron chi connectivity index (χ0n) is 16.8. The summed E-state index contributed by atoms with van der Waals surface area (Å²) in [6.45, 7) is 3.49. The first-order chi connectivity index (χ1) is 14.1. The van der Waals surface area contributed by atoms with E-state index in [4.69, 9.17) is 4.74 Å². The van der Waals surface area contributed by atoms with Gasteiger partial charge in [0.05, 0.1) is 22.2 Å². The monoisotopic (exact) mass is 412 g/mol. The summed E-state index contributed by atoms with van der Waals surface area (Å²) in [6, 6.07) is 9.20. The summed E-state index contributed by atoms with van der Waals surface area (Å²) >= 11 is 1.59. The summed E-state index contributed by atoms with van der Waals surface area (Å²) in [5.74, 6) is 0.394. The van der Waals surface area contributed by atoms with Crippen LogP contribution < -0.4 is 10.6 Å². The minimum absolute atomic E-state index is 0.0880. The van der Waals surface area contributed by atoms with Crippen LogP contribution in [0.15, 0.2) is 30.3 Å². The summed E-state index contributed by atoms with van der Waals surface area (Å²) in [7, 11) is 0. The normalized spacial score (nSPS) is 20.9. The summed E-state index contributed by atoms with van der Waals surface area (Å²) < 4.78 is 5.56. The second-order valence-electron chi connectivity index (χ2n) is 7.92. The molecule has 1 fully saturated rings. The van der Waals surface area contributed by atoms with Crippen molar-refractivity contribution in [1.29, 1.82) is 0 Å². The molecule has 2 amide bonds. The van der Waals surface area contributed by atoms with Crippen LogP contribution in [0.5, 0.6) is 0 Å². The lowest BCUT2D eigenvalue weighted by molar-refractivity contribution is 0.0858. The molecular weight excluding hydrogens is 384 g/mol. The van der Waals surface area contributed by atoms with Gasteiger partial charge in [-0.15, -0.1) is 11.3 Å². The Balaban J connectivity index is 1.43. The molecule has 0 spiro atoms. The summed E-state index contributed by atoms with van der Waals surface area (Å²) in [5, 5.41) is 5.88. The molecule has 1 aliphatic carbocycles. The van der Waals surface area contributed by atoms with Gasteiger partial charge in [0.2, 0.25) is 0 Å². The van der Waals surface area contributed by atoms with E-state index < -0.39 is 0 Å². The van der Waals surface area contributed by atoms with Crippen molar-refractivity contribution in [3.63, 3.8) is 0 Å². The lowest BCUT2D eigenvalue weighted by Gasteiger charge is -2.19. The number of para-hydroxylation sites is 1. The number of fused-ring (bicyclic) bond motifs is 1. The molecule has 1 aliphatic heterocycles. The Morgan fingerprint density at radius 3 is 2.86 bits per heavy atom. The molecule has 0 bridgehead atoms. The highest BCUT2D eigenvalue weighted by Gasteiger charge is 2.23. The van der Waals surface area contributed by atoms with E-state index in [0.717, 1.165) is 43.1 Å². The number of thiophene rings is 1. The highest BCUT2D eigenvalue weighted by molar-refractivity contribution is 7.14. The third-order valence-electron chi connectivity index (χ3n) is 5.92. The van der Waals surface area contributed by atoms with Crippen molar-refractivity contribution >= 4 is 28.8 Å². The molecule has 2 heterocycles. The summed E-state index contributed by atoms with van der Waals surface area (Å²) in [5.41, 5.74) is 2.34. The van der Waals surface area contributed by atoms with Crippen LogP contribution in [0.3, 0.4) is 0 Å². The van der Waals surface area contributed by atoms with Crippen LogP contribution in [0.4, 0.5) is 5.69 Å². The van der Waals surface area contributed by atoms with E-state index in [1.54, 1.807) is 23.5 Å². The average molecular weight is 413 g/mol. The van der Waals surface area contributed by atoms with E-state index >= 15 is 0 Å². The molecule has 2 aromatic rings. The number of carbonyl (C=O) groups is 2. The van der Waals surface area contributed by atoms with Crippen molar-refractivity contribution < 1.29 is 14.3 Å². The van der Waals surface area contributed by atoms with E-state index in [9.17, 15) is 9.59 Å². The number of amides is 2. The number of ether oxygens (including phenoxy) is 1. The maximum atomic E-state index is 12.9. The minimum atomic E-state index is -0.187. The van der Waals surface area contributed by atoms with Crippen molar-refractivity contribution in [2.24, 2.45) is 5.92 Å². The van der Waals surface area contributed by atoms with E-state index in [1.807, 2.05) is 18.2 Å². The van der Waals surface area contributed by atoms with Gasteiger partial charge in [-0.1, -0.05) is 25.5 Å². The molecule has 2 atom stereocenters. The van der Waals surface area contributed by atoms with Crippen molar-refractivity contribution in [3.8, 4) is 0 Å². The molecule has 2 N–H and O–H groups in total. The zero-order chi connectivity index (χ0) is 20.2. The lowest BCUT2D eigenvalue weighted by atomic mass is 9.87. The first-order valence-corrected chi connectivity index (χ1v) is 11.4. The summed E-state index contributed by atoms with van der Waals surface area (Å²) in [4.78, 5) is 27.6. The Bertz CT molecular complexity index is 886. The number of carbonyl (C=O) groups excluding carboxylic acids is 2. The van der Waals surface area contributed by atoms with Gasteiger partial charge in [0.25, 0.3) is 11.8 Å². The fourth-order valence-corrected chi connectivity index (χ4v) is 5.24. The molecule has 5 nitrogen and oxygen atoms in total. The number of anilines is 1. The first-order valence-electron chi connectivity index (χ1n) is 10.6. The Morgan fingerprint density at radius 1 is 1.21 bits per heavy atom. The SMILES string of the molecule is CCC1CCc2sc(C(=O)Nc3ccccc3C(=O)NCC3CCCO3)cc2C1. The Labute approximate surface area is 175 Å². The maximum absolute atomic E-state index is 12.9. The Hall–Kier alpha value is -2.18. The number of rotatable bonds is 6. The van der Waals surface area contributed by atoms with Crippen LogP contribution in [-0.4, -0.2) is 31.1 Å².